The zero-order chi connectivity index (χ0) is 16.4. The average Bonchev–Trinajstić information content (AvgIpc) is 2.84. The van der Waals surface area contributed by atoms with Gasteiger partial charge in [0.15, 0.2) is 0 Å². The fourth-order valence-corrected chi connectivity index (χ4v) is 3.89. The van der Waals surface area contributed by atoms with Crippen LogP contribution in [0.5, 0.6) is 0 Å². The number of aromatic nitrogens is 1. The van der Waals surface area contributed by atoms with Crippen LogP contribution in [-0.4, -0.2) is 18.7 Å². The van der Waals surface area contributed by atoms with Gasteiger partial charge in [0.1, 0.15) is 0 Å². The zero-order valence-corrected chi connectivity index (χ0v) is 15.7. The van der Waals surface area contributed by atoms with Crippen molar-refractivity contribution < 1.29 is 4.74 Å². The van der Waals surface area contributed by atoms with Crippen LogP contribution in [0, 0.1) is 12.8 Å². The van der Waals surface area contributed by atoms with Gasteiger partial charge in [-0.2, -0.15) is 0 Å². The predicted octanol–water partition coefficient (Wildman–Crippen LogP) is 5.74. The molecule has 0 N–H and O–H groups in total. The Hall–Kier alpha value is -0.670. The maximum absolute atomic E-state index is 5.18. The van der Waals surface area contributed by atoms with Crippen molar-refractivity contribution >= 4 is 11.3 Å². The second-order valence-corrected chi connectivity index (χ2v) is 7.34. The summed E-state index contributed by atoms with van der Waals surface area (Å²) in [6.07, 6.45) is 9.66. The molecule has 0 fully saturated rings. The molecule has 0 aliphatic rings. The van der Waals surface area contributed by atoms with Gasteiger partial charge in [-0.25, -0.2) is 4.98 Å². The molecule has 0 amide bonds. The summed E-state index contributed by atoms with van der Waals surface area (Å²) in [6.45, 7) is 11.8. The number of methoxy groups -OCH3 is 1. The molecule has 1 aromatic heterocycles. The molecule has 0 spiro atoms. The first-order chi connectivity index (χ1) is 10.6. The van der Waals surface area contributed by atoms with Crippen LogP contribution in [0.2, 0.25) is 0 Å². The highest BCUT2D eigenvalue weighted by Crippen LogP contribution is 2.28. The molecule has 0 aliphatic heterocycles. The number of nitrogens with zero attached hydrogens (tertiary/aromatic N) is 1. The predicted molar refractivity (Wildman–Crippen MR) is 97.8 cm³/mol. The van der Waals surface area contributed by atoms with Gasteiger partial charge < -0.3 is 4.74 Å². The zero-order valence-electron chi connectivity index (χ0n) is 14.9. The van der Waals surface area contributed by atoms with E-state index in [2.05, 4.69) is 27.4 Å². The molecule has 0 radical (unpaired) electrons. The van der Waals surface area contributed by atoms with E-state index in [0.29, 0.717) is 5.92 Å². The van der Waals surface area contributed by atoms with Crippen LogP contribution in [0.3, 0.4) is 0 Å². The number of aryl methyl sites for hydroxylation is 1. The normalized spacial score (nSPS) is 11.3. The van der Waals surface area contributed by atoms with Crippen molar-refractivity contribution in [3.05, 3.63) is 27.7 Å². The van der Waals surface area contributed by atoms with E-state index in [-0.39, 0.29) is 0 Å². The summed E-state index contributed by atoms with van der Waals surface area (Å²) < 4.78 is 5.18. The number of ether oxygens (including phenoxy) is 1. The number of unbranched alkanes of at least 4 members (excludes halogenated alkanes) is 2. The minimum Gasteiger partial charge on any atom is -0.384 e. The number of hydrogen-bond acceptors (Lipinski definition) is 3. The standard InChI is InChI=1S/C19H33NOS/c1-6-8-10-17(11-9-7-2)15(3)14-19-20-16(4)18(22-19)12-13-21-5/h17H,3,6-14H2,1-2,4-5H3. The molecule has 0 saturated heterocycles. The Bertz CT molecular complexity index is 431. The minimum absolute atomic E-state index is 0.673. The van der Waals surface area contributed by atoms with Crippen molar-refractivity contribution in [2.45, 2.75) is 72.1 Å². The third-order valence-electron chi connectivity index (χ3n) is 4.24. The summed E-state index contributed by atoms with van der Waals surface area (Å²) in [4.78, 5) is 6.11. The first-order valence-corrected chi connectivity index (χ1v) is 9.55. The highest BCUT2D eigenvalue weighted by molar-refractivity contribution is 7.11. The van der Waals surface area contributed by atoms with Gasteiger partial charge in [0.05, 0.1) is 17.3 Å². The van der Waals surface area contributed by atoms with E-state index in [1.807, 2.05) is 11.3 Å². The van der Waals surface area contributed by atoms with Gasteiger partial charge in [-0.1, -0.05) is 51.7 Å². The highest BCUT2D eigenvalue weighted by atomic mass is 32.1. The summed E-state index contributed by atoms with van der Waals surface area (Å²) >= 11 is 1.84. The molecule has 22 heavy (non-hydrogen) atoms. The molecule has 0 bridgehead atoms. The Morgan fingerprint density at radius 1 is 1.23 bits per heavy atom. The molecule has 0 unspecified atom stereocenters. The fraction of sp³-hybridized carbons (Fsp3) is 0.737. The van der Waals surface area contributed by atoms with E-state index >= 15 is 0 Å². The Morgan fingerprint density at radius 3 is 2.41 bits per heavy atom. The summed E-state index contributed by atoms with van der Waals surface area (Å²) in [7, 11) is 1.76. The monoisotopic (exact) mass is 323 g/mol. The van der Waals surface area contributed by atoms with Crippen molar-refractivity contribution in [3.63, 3.8) is 0 Å². The molecule has 0 aliphatic carbocycles. The van der Waals surface area contributed by atoms with E-state index in [4.69, 9.17) is 9.72 Å². The third-order valence-corrected chi connectivity index (χ3v) is 5.46. The van der Waals surface area contributed by atoms with Crippen molar-refractivity contribution in [1.29, 1.82) is 0 Å². The highest BCUT2D eigenvalue weighted by Gasteiger charge is 2.15. The maximum atomic E-state index is 5.18. The van der Waals surface area contributed by atoms with Gasteiger partial charge in [0.25, 0.3) is 0 Å². The lowest BCUT2D eigenvalue weighted by Gasteiger charge is -2.18. The number of hydrogen-bond donors (Lipinski definition) is 0. The molecule has 1 rings (SSSR count). The molecular formula is C19H33NOS. The fourth-order valence-electron chi connectivity index (χ4n) is 2.78. The second-order valence-electron chi connectivity index (χ2n) is 6.18. The molecular weight excluding hydrogens is 290 g/mol. The van der Waals surface area contributed by atoms with Gasteiger partial charge in [0, 0.05) is 24.8 Å². The molecule has 1 heterocycles. The van der Waals surface area contributed by atoms with Crippen LogP contribution in [0.15, 0.2) is 12.2 Å². The quantitative estimate of drug-likeness (QED) is 0.458. The van der Waals surface area contributed by atoms with Crippen LogP contribution in [0.1, 0.15) is 68.0 Å². The first-order valence-electron chi connectivity index (χ1n) is 8.74. The lowest BCUT2D eigenvalue weighted by atomic mass is 9.88. The van der Waals surface area contributed by atoms with Gasteiger partial charge in [-0.15, -0.1) is 11.3 Å². The second kappa shape index (κ2) is 11.0. The lowest BCUT2D eigenvalue weighted by molar-refractivity contribution is 0.203. The van der Waals surface area contributed by atoms with E-state index in [1.165, 1.54) is 59.7 Å². The Balaban J connectivity index is 2.63. The first kappa shape index (κ1) is 19.4. The van der Waals surface area contributed by atoms with Crippen molar-refractivity contribution in [3.8, 4) is 0 Å². The van der Waals surface area contributed by atoms with Crippen LogP contribution in [0.25, 0.3) is 0 Å². The van der Waals surface area contributed by atoms with Gasteiger partial charge in [0.2, 0.25) is 0 Å². The van der Waals surface area contributed by atoms with Crippen molar-refractivity contribution in [2.24, 2.45) is 5.92 Å². The van der Waals surface area contributed by atoms with Gasteiger partial charge in [-0.3, -0.25) is 0 Å². The summed E-state index contributed by atoms with van der Waals surface area (Å²) in [5, 5.41) is 1.23. The third kappa shape index (κ3) is 6.62. The van der Waals surface area contributed by atoms with E-state index in [9.17, 15) is 0 Å². The Kier molecular flexibility index (Phi) is 9.65. The molecule has 1 aromatic rings. The number of thiazole rings is 1. The molecule has 126 valence electrons. The van der Waals surface area contributed by atoms with Crippen molar-refractivity contribution in [1.82, 2.24) is 4.98 Å². The summed E-state index contributed by atoms with van der Waals surface area (Å²) in [6, 6.07) is 0. The number of allylic oxidation sites excluding steroid dienone is 1. The largest absolute Gasteiger partial charge is 0.384 e. The van der Waals surface area contributed by atoms with E-state index in [1.54, 1.807) is 7.11 Å². The lowest BCUT2D eigenvalue weighted by Crippen LogP contribution is -2.06. The minimum atomic E-state index is 0.673. The average molecular weight is 324 g/mol. The SMILES string of the molecule is C=C(Cc1nc(C)c(CCOC)s1)C(CCCC)CCCC. The topological polar surface area (TPSA) is 22.1 Å². The summed E-state index contributed by atoms with van der Waals surface area (Å²) in [5.41, 5.74) is 2.55. The van der Waals surface area contributed by atoms with E-state index < -0.39 is 0 Å². The Morgan fingerprint density at radius 2 is 1.86 bits per heavy atom. The molecule has 0 saturated carbocycles. The van der Waals surface area contributed by atoms with Crippen LogP contribution in [0.4, 0.5) is 0 Å². The Labute approximate surface area is 141 Å². The van der Waals surface area contributed by atoms with Gasteiger partial charge >= 0.3 is 0 Å². The van der Waals surface area contributed by atoms with Crippen LogP contribution in [-0.2, 0) is 17.6 Å². The molecule has 3 heteroatoms. The van der Waals surface area contributed by atoms with Crippen LogP contribution < -0.4 is 0 Å². The summed E-state index contributed by atoms with van der Waals surface area (Å²) in [5.74, 6) is 0.673. The molecule has 0 aromatic carbocycles. The van der Waals surface area contributed by atoms with E-state index in [0.717, 1.165) is 19.4 Å². The maximum Gasteiger partial charge on any atom is 0.0971 e. The van der Waals surface area contributed by atoms with Crippen molar-refractivity contribution in [2.75, 3.05) is 13.7 Å². The molecule has 0 atom stereocenters. The number of rotatable bonds is 12. The van der Waals surface area contributed by atoms with Crippen LogP contribution >= 0.6 is 11.3 Å². The van der Waals surface area contributed by atoms with Gasteiger partial charge in [-0.05, 0) is 25.7 Å². The smallest absolute Gasteiger partial charge is 0.0971 e. The molecule has 2 nitrogen and oxygen atoms in total.